The summed E-state index contributed by atoms with van der Waals surface area (Å²) in [5, 5.41) is 0. The van der Waals surface area contributed by atoms with Crippen LogP contribution < -0.4 is 0 Å². The summed E-state index contributed by atoms with van der Waals surface area (Å²) >= 11 is 0. The number of carbonyl (C=O) groups is 1. The van der Waals surface area contributed by atoms with Crippen molar-refractivity contribution in [1.29, 1.82) is 0 Å². The Morgan fingerprint density at radius 1 is 1.00 bits per heavy atom. The molecule has 33 heavy (non-hydrogen) atoms. The van der Waals surface area contributed by atoms with Gasteiger partial charge in [-0.2, -0.15) is 0 Å². The number of ether oxygens (including phenoxy) is 1. The molecule has 3 fully saturated rings. The monoisotopic (exact) mass is 456 g/mol. The van der Waals surface area contributed by atoms with Crippen molar-refractivity contribution in [3.63, 3.8) is 0 Å². The third-order valence-electron chi connectivity index (χ3n) is 11.0. The minimum absolute atomic E-state index is 0.0224. The molecule has 0 N–H and O–H groups in total. The highest BCUT2D eigenvalue weighted by Crippen LogP contribution is 2.67. The van der Waals surface area contributed by atoms with E-state index in [1.807, 2.05) is 13.8 Å². The van der Waals surface area contributed by atoms with Crippen LogP contribution in [-0.2, 0) is 9.53 Å². The molecule has 4 aliphatic rings. The minimum Gasteiger partial charge on any atom is -0.462 e. The van der Waals surface area contributed by atoms with Crippen LogP contribution in [-0.4, -0.2) is 12.1 Å². The summed E-state index contributed by atoms with van der Waals surface area (Å²) in [6.07, 6.45) is 17.2. The fourth-order valence-electron chi connectivity index (χ4n) is 9.05. The molecule has 8 atom stereocenters. The summed E-state index contributed by atoms with van der Waals surface area (Å²) in [4.78, 5) is 12.2. The van der Waals surface area contributed by atoms with E-state index < -0.39 is 0 Å². The predicted octanol–water partition coefficient (Wildman–Crippen LogP) is 8.60. The second-order valence-electron chi connectivity index (χ2n) is 13.7. The summed E-state index contributed by atoms with van der Waals surface area (Å²) in [6, 6.07) is 0. The molecule has 2 heteroatoms. The zero-order chi connectivity index (χ0) is 24.0. The van der Waals surface area contributed by atoms with E-state index in [0.29, 0.717) is 10.8 Å². The molecule has 0 amide bonds. The number of rotatable bonds is 7. The number of esters is 1. The van der Waals surface area contributed by atoms with Gasteiger partial charge < -0.3 is 4.74 Å². The molecule has 0 aliphatic heterocycles. The van der Waals surface area contributed by atoms with Gasteiger partial charge in [-0.1, -0.05) is 79.4 Å². The first-order chi connectivity index (χ1) is 15.6. The number of allylic oxidation sites excluding steroid dienone is 1. The lowest BCUT2D eigenvalue weighted by molar-refractivity contribution is -0.155. The first kappa shape index (κ1) is 25.3. The van der Waals surface area contributed by atoms with Crippen LogP contribution in [0.5, 0.6) is 0 Å². The molecule has 0 aromatic rings. The van der Waals surface area contributed by atoms with Crippen molar-refractivity contribution in [3.8, 4) is 0 Å². The average Bonchev–Trinajstić information content (AvgIpc) is 3.11. The van der Waals surface area contributed by atoms with Crippen molar-refractivity contribution in [2.24, 2.45) is 52.3 Å². The Morgan fingerprint density at radius 2 is 1.76 bits per heavy atom. The minimum atomic E-state index is -0.0258. The van der Waals surface area contributed by atoms with Crippen LogP contribution >= 0.6 is 0 Å². The third-order valence-corrected chi connectivity index (χ3v) is 11.0. The summed E-state index contributed by atoms with van der Waals surface area (Å²) in [5.74, 6) is 5.24. The molecule has 2 nitrogen and oxygen atoms in total. The van der Waals surface area contributed by atoms with Crippen molar-refractivity contribution in [2.75, 3.05) is 0 Å². The topological polar surface area (TPSA) is 26.3 Å². The van der Waals surface area contributed by atoms with Crippen LogP contribution in [0.15, 0.2) is 11.6 Å². The highest BCUT2D eigenvalue weighted by Gasteiger charge is 2.59. The molecule has 188 valence electrons. The molecular formula is C31H52O2. The normalized spacial score (nSPS) is 41.2. The number of hydrogen-bond acceptors (Lipinski definition) is 2. The van der Waals surface area contributed by atoms with E-state index in [1.165, 1.54) is 57.8 Å². The highest BCUT2D eigenvalue weighted by atomic mass is 16.5. The van der Waals surface area contributed by atoms with Crippen LogP contribution in [0.2, 0.25) is 0 Å². The van der Waals surface area contributed by atoms with E-state index in [-0.39, 0.29) is 18.0 Å². The first-order valence-electron chi connectivity index (χ1n) is 14.5. The van der Waals surface area contributed by atoms with Gasteiger partial charge in [-0.25, -0.2) is 0 Å². The molecule has 0 aromatic heterocycles. The Morgan fingerprint density at radius 3 is 2.45 bits per heavy atom. The first-order valence-corrected chi connectivity index (χ1v) is 14.5. The van der Waals surface area contributed by atoms with Crippen molar-refractivity contribution in [3.05, 3.63) is 11.6 Å². The average molecular weight is 457 g/mol. The third kappa shape index (κ3) is 4.71. The van der Waals surface area contributed by atoms with Crippen LogP contribution in [0.1, 0.15) is 119 Å². The maximum atomic E-state index is 12.2. The maximum absolute atomic E-state index is 12.2. The molecule has 4 aliphatic carbocycles. The molecule has 0 aromatic carbocycles. The summed E-state index contributed by atoms with van der Waals surface area (Å²) in [6.45, 7) is 16.5. The molecule has 0 unspecified atom stereocenters. The molecule has 3 saturated carbocycles. The fourth-order valence-corrected chi connectivity index (χ4v) is 9.05. The van der Waals surface area contributed by atoms with Gasteiger partial charge in [0, 0.05) is 6.42 Å². The molecule has 0 radical (unpaired) electrons. The van der Waals surface area contributed by atoms with E-state index in [2.05, 4.69) is 40.7 Å². The van der Waals surface area contributed by atoms with Crippen molar-refractivity contribution >= 4 is 5.97 Å². The number of hydrogen-bond donors (Lipinski definition) is 0. The maximum Gasteiger partial charge on any atom is 0.308 e. The van der Waals surface area contributed by atoms with Crippen LogP contribution in [0.25, 0.3) is 0 Å². The Hall–Kier alpha value is -0.790. The molecule has 0 bridgehead atoms. The van der Waals surface area contributed by atoms with Crippen molar-refractivity contribution in [2.45, 2.75) is 125 Å². The Kier molecular flexibility index (Phi) is 7.43. The van der Waals surface area contributed by atoms with Gasteiger partial charge in [0.05, 0.1) is 5.92 Å². The zero-order valence-corrected chi connectivity index (χ0v) is 22.8. The summed E-state index contributed by atoms with van der Waals surface area (Å²) < 4.78 is 5.88. The van der Waals surface area contributed by atoms with Gasteiger partial charge in [0.1, 0.15) is 6.10 Å². The fraction of sp³-hybridized carbons (Fsp3) is 0.903. The number of fused-ring (bicyclic) bond motifs is 5. The quantitative estimate of drug-likeness (QED) is 0.283. The van der Waals surface area contributed by atoms with Gasteiger partial charge in [-0.15, -0.1) is 0 Å². The lowest BCUT2D eigenvalue weighted by Gasteiger charge is -2.58. The summed E-state index contributed by atoms with van der Waals surface area (Å²) in [5.41, 5.74) is 2.52. The van der Waals surface area contributed by atoms with Crippen LogP contribution in [0.3, 0.4) is 0 Å². The van der Waals surface area contributed by atoms with E-state index in [1.54, 1.807) is 5.57 Å². The lowest BCUT2D eigenvalue weighted by Crippen LogP contribution is -2.51. The molecule has 4 rings (SSSR count). The Balaban J connectivity index is 1.45. The molecular weight excluding hydrogens is 404 g/mol. The summed E-state index contributed by atoms with van der Waals surface area (Å²) in [7, 11) is 0. The van der Waals surface area contributed by atoms with E-state index in [4.69, 9.17) is 4.74 Å². The van der Waals surface area contributed by atoms with Gasteiger partial charge in [0.25, 0.3) is 0 Å². The Labute approximate surface area is 204 Å². The van der Waals surface area contributed by atoms with Gasteiger partial charge in [-0.05, 0) is 91.3 Å². The second-order valence-corrected chi connectivity index (χ2v) is 13.7. The predicted molar refractivity (Wildman–Crippen MR) is 138 cm³/mol. The van der Waals surface area contributed by atoms with Crippen LogP contribution in [0, 0.1) is 52.3 Å². The molecule has 0 saturated heterocycles. The largest absolute Gasteiger partial charge is 0.462 e. The van der Waals surface area contributed by atoms with Crippen LogP contribution in [0.4, 0.5) is 0 Å². The zero-order valence-electron chi connectivity index (χ0n) is 22.8. The molecule has 0 spiro atoms. The Bertz CT molecular complexity index is 735. The van der Waals surface area contributed by atoms with Gasteiger partial charge in [0.2, 0.25) is 0 Å². The van der Waals surface area contributed by atoms with Crippen molar-refractivity contribution < 1.29 is 9.53 Å². The van der Waals surface area contributed by atoms with Gasteiger partial charge in [0.15, 0.2) is 0 Å². The van der Waals surface area contributed by atoms with Gasteiger partial charge >= 0.3 is 5.97 Å². The lowest BCUT2D eigenvalue weighted by atomic mass is 9.47. The second kappa shape index (κ2) is 9.69. The van der Waals surface area contributed by atoms with E-state index >= 15 is 0 Å². The van der Waals surface area contributed by atoms with Gasteiger partial charge in [-0.3, -0.25) is 4.79 Å². The number of carbonyl (C=O) groups excluding carboxylic acids is 1. The standard InChI is InChI=1S/C31H52O2/c1-20(2)9-8-10-22(5)26-13-14-27-25-12-11-23-19-24(33-29(32)21(3)4)15-17-30(23,6)28(25)16-18-31(26,27)7/h11,20-22,24-28H,8-10,12-19H2,1-7H3/t22-,24+,25-,26-,27+,28+,30-,31+/m0/s1. The van der Waals surface area contributed by atoms with Crippen molar-refractivity contribution in [1.82, 2.24) is 0 Å². The molecule has 0 heterocycles. The highest BCUT2D eigenvalue weighted by molar-refractivity contribution is 5.71. The van der Waals surface area contributed by atoms with E-state index in [0.717, 1.165) is 48.3 Å². The smallest absolute Gasteiger partial charge is 0.308 e. The van der Waals surface area contributed by atoms with E-state index in [9.17, 15) is 4.79 Å². The SMILES string of the molecule is CC(C)CCC[C@H](C)[C@@H]1CC[C@@H]2[C@@H]3CC=C4C[C@H](OC(=O)C(C)C)CC[C@]4(C)[C@@H]3CC[C@@]21C.